The molecule has 1 N–H and O–H groups in total. The summed E-state index contributed by atoms with van der Waals surface area (Å²) in [6.45, 7) is 0.207. The van der Waals surface area contributed by atoms with Crippen molar-refractivity contribution in [3.63, 3.8) is 0 Å². The van der Waals surface area contributed by atoms with E-state index >= 15 is 0 Å². The third-order valence-electron chi connectivity index (χ3n) is 3.52. The van der Waals surface area contributed by atoms with Gasteiger partial charge < -0.3 is 14.8 Å². The molecule has 2 aromatic rings. The summed E-state index contributed by atoms with van der Waals surface area (Å²) in [5.41, 5.74) is 0.475. The molecule has 0 unspecified atom stereocenters. The van der Waals surface area contributed by atoms with E-state index in [2.05, 4.69) is 5.32 Å². The third kappa shape index (κ3) is 7.92. The van der Waals surface area contributed by atoms with E-state index in [1.54, 1.807) is 24.3 Å². The smallest absolute Gasteiger partial charge is 0.306 e. The van der Waals surface area contributed by atoms with Gasteiger partial charge in [-0.1, -0.05) is 29.8 Å². The number of carbonyl (C=O) groups excluding carboxylic acids is 3. The summed E-state index contributed by atoms with van der Waals surface area (Å²) in [5.74, 6) is -0.508. The number of hydrogen-bond acceptors (Lipinski definition) is 5. The molecule has 0 saturated carbocycles. The molecule has 27 heavy (non-hydrogen) atoms. The maximum absolute atomic E-state index is 11.9. The largest absolute Gasteiger partial charge is 0.492 e. The fraction of sp³-hybridized carbons (Fsp3) is 0.250. The zero-order valence-electron chi connectivity index (χ0n) is 14.7. The Balaban J connectivity index is 1.57. The molecule has 0 aliphatic carbocycles. The lowest BCUT2D eigenvalue weighted by molar-refractivity contribution is -0.148. The lowest BCUT2D eigenvalue weighted by atomic mass is 10.1. The molecule has 7 heteroatoms. The van der Waals surface area contributed by atoms with Crippen molar-refractivity contribution in [2.45, 2.75) is 12.8 Å². The van der Waals surface area contributed by atoms with E-state index in [9.17, 15) is 14.4 Å². The number of benzene rings is 2. The molecular formula is C20H20ClNO5. The van der Waals surface area contributed by atoms with Crippen LogP contribution in [0.4, 0.5) is 0 Å². The van der Waals surface area contributed by atoms with Gasteiger partial charge in [0, 0.05) is 17.0 Å². The number of nitrogens with one attached hydrogen (secondary N) is 1. The first-order valence-electron chi connectivity index (χ1n) is 8.43. The Kier molecular flexibility index (Phi) is 8.32. The lowest BCUT2D eigenvalue weighted by Gasteiger charge is -2.08. The quantitative estimate of drug-likeness (QED) is 0.383. The topological polar surface area (TPSA) is 81.7 Å². The Labute approximate surface area is 162 Å². The number of ketones is 1. The van der Waals surface area contributed by atoms with Crippen molar-refractivity contribution in [2.24, 2.45) is 0 Å². The molecule has 0 saturated heterocycles. The van der Waals surface area contributed by atoms with Gasteiger partial charge in [0.1, 0.15) is 12.4 Å². The molecule has 0 heterocycles. The van der Waals surface area contributed by atoms with Crippen molar-refractivity contribution >= 4 is 29.3 Å². The van der Waals surface area contributed by atoms with Gasteiger partial charge in [-0.25, -0.2) is 0 Å². The number of halogens is 1. The van der Waals surface area contributed by atoms with Gasteiger partial charge in [-0.3, -0.25) is 14.4 Å². The number of rotatable bonds is 10. The fourth-order valence-corrected chi connectivity index (χ4v) is 2.27. The molecule has 0 atom stereocenters. The van der Waals surface area contributed by atoms with Crippen molar-refractivity contribution in [1.29, 1.82) is 0 Å². The Morgan fingerprint density at radius 1 is 0.926 bits per heavy atom. The van der Waals surface area contributed by atoms with Crippen molar-refractivity contribution in [3.8, 4) is 5.75 Å². The van der Waals surface area contributed by atoms with Gasteiger partial charge in [-0.05, 0) is 36.4 Å². The van der Waals surface area contributed by atoms with Crippen molar-refractivity contribution in [2.75, 3.05) is 19.8 Å². The second-order valence-electron chi connectivity index (χ2n) is 5.60. The Morgan fingerprint density at radius 2 is 1.63 bits per heavy atom. The molecule has 0 aliphatic heterocycles. The highest BCUT2D eigenvalue weighted by atomic mass is 35.5. The van der Waals surface area contributed by atoms with E-state index in [1.165, 1.54) is 0 Å². The number of amides is 1. The Hall–Kier alpha value is -2.86. The molecule has 0 aromatic heterocycles. The van der Waals surface area contributed by atoms with Gasteiger partial charge >= 0.3 is 5.97 Å². The summed E-state index contributed by atoms with van der Waals surface area (Å²) in [6, 6.07) is 15.6. The number of para-hydroxylation sites is 1. The van der Waals surface area contributed by atoms with Crippen molar-refractivity contribution < 1.29 is 23.9 Å². The maximum atomic E-state index is 11.9. The van der Waals surface area contributed by atoms with Crippen LogP contribution in [0.25, 0.3) is 0 Å². The van der Waals surface area contributed by atoms with E-state index in [0.29, 0.717) is 29.5 Å². The molecule has 1 amide bonds. The van der Waals surface area contributed by atoms with Crippen molar-refractivity contribution in [1.82, 2.24) is 5.32 Å². The Morgan fingerprint density at radius 3 is 2.33 bits per heavy atom. The number of hydrogen-bond donors (Lipinski definition) is 1. The summed E-state index contributed by atoms with van der Waals surface area (Å²) in [6.07, 6.45) is -0.0845. The normalized spacial score (nSPS) is 10.1. The van der Waals surface area contributed by atoms with Crippen molar-refractivity contribution in [3.05, 3.63) is 65.2 Å². The van der Waals surface area contributed by atoms with Crippen LogP contribution in [0.5, 0.6) is 5.75 Å². The zero-order valence-corrected chi connectivity index (χ0v) is 15.4. The minimum atomic E-state index is -0.604. The van der Waals surface area contributed by atoms with E-state index in [-0.39, 0.29) is 25.2 Å². The highest BCUT2D eigenvalue weighted by Crippen LogP contribution is 2.12. The van der Waals surface area contributed by atoms with Crippen LogP contribution in [0.3, 0.4) is 0 Å². The van der Waals surface area contributed by atoms with Crippen LogP contribution in [0.1, 0.15) is 23.2 Å². The molecule has 2 aromatic carbocycles. The summed E-state index contributed by atoms with van der Waals surface area (Å²) in [4.78, 5) is 35.2. The summed E-state index contributed by atoms with van der Waals surface area (Å²) in [7, 11) is 0. The first kappa shape index (κ1) is 20.5. The fourth-order valence-electron chi connectivity index (χ4n) is 2.14. The van der Waals surface area contributed by atoms with Crippen LogP contribution in [0, 0.1) is 0 Å². The molecule has 6 nitrogen and oxygen atoms in total. The van der Waals surface area contributed by atoms with Gasteiger partial charge in [0.15, 0.2) is 12.4 Å². The number of esters is 1. The molecule has 0 fully saturated rings. The SMILES string of the molecule is O=C(COC(=O)CCC(=O)c1ccc(Cl)cc1)NCCOc1ccccc1. The first-order valence-corrected chi connectivity index (χ1v) is 8.81. The van der Waals surface area contributed by atoms with E-state index in [0.717, 1.165) is 0 Å². The van der Waals surface area contributed by atoms with Crippen LogP contribution in [-0.2, 0) is 14.3 Å². The van der Waals surface area contributed by atoms with Crippen LogP contribution in [0.15, 0.2) is 54.6 Å². The molecule has 0 bridgehead atoms. The number of carbonyl (C=O) groups is 3. The zero-order chi connectivity index (χ0) is 19.5. The monoisotopic (exact) mass is 389 g/mol. The summed E-state index contributed by atoms with van der Waals surface area (Å²) < 4.78 is 10.3. The second kappa shape index (κ2) is 11.0. The number of ether oxygens (including phenoxy) is 2. The summed E-state index contributed by atoms with van der Waals surface area (Å²) >= 11 is 5.76. The van der Waals surface area contributed by atoms with Gasteiger partial charge in [0.05, 0.1) is 13.0 Å². The Bertz CT molecular complexity index is 762. The minimum absolute atomic E-state index is 0.00694. The van der Waals surface area contributed by atoms with Crippen LogP contribution < -0.4 is 10.1 Å². The molecule has 142 valence electrons. The van der Waals surface area contributed by atoms with Gasteiger partial charge in [-0.15, -0.1) is 0 Å². The average Bonchev–Trinajstić information content (AvgIpc) is 2.69. The van der Waals surface area contributed by atoms with E-state index in [4.69, 9.17) is 21.1 Å². The maximum Gasteiger partial charge on any atom is 0.306 e. The van der Waals surface area contributed by atoms with E-state index in [1.807, 2.05) is 30.3 Å². The predicted molar refractivity (Wildman–Crippen MR) is 101 cm³/mol. The molecule has 0 radical (unpaired) electrons. The molecular weight excluding hydrogens is 370 g/mol. The van der Waals surface area contributed by atoms with Crippen LogP contribution >= 0.6 is 11.6 Å². The molecule has 0 aliphatic rings. The van der Waals surface area contributed by atoms with Gasteiger partial charge in [0.2, 0.25) is 0 Å². The van der Waals surface area contributed by atoms with Gasteiger partial charge in [-0.2, -0.15) is 0 Å². The second-order valence-corrected chi connectivity index (χ2v) is 6.04. The van der Waals surface area contributed by atoms with E-state index < -0.39 is 11.9 Å². The first-order chi connectivity index (χ1) is 13.0. The highest BCUT2D eigenvalue weighted by molar-refractivity contribution is 6.30. The molecule has 2 rings (SSSR count). The highest BCUT2D eigenvalue weighted by Gasteiger charge is 2.12. The lowest BCUT2D eigenvalue weighted by Crippen LogP contribution is -2.32. The summed E-state index contributed by atoms with van der Waals surface area (Å²) in [5, 5.41) is 3.12. The molecule has 0 spiro atoms. The predicted octanol–water partition coefficient (Wildman–Crippen LogP) is 3.04. The average molecular weight is 390 g/mol. The standard InChI is InChI=1S/C20H20ClNO5/c21-16-8-6-15(7-9-16)18(23)10-11-20(25)27-14-19(24)22-12-13-26-17-4-2-1-3-5-17/h1-9H,10-14H2,(H,22,24). The van der Waals surface area contributed by atoms with Crippen LogP contribution in [0.2, 0.25) is 5.02 Å². The van der Waals surface area contributed by atoms with Gasteiger partial charge in [0.25, 0.3) is 5.91 Å². The van der Waals surface area contributed by atoms with Crippen LogP contribution in [-0.4, -0.2) is 37.4 Å². The third-order valence-corrected chi connectivity index (χ3v) is 3.77. The minimum Gasteiger partial charge on any atom is -0.492 e. The number of Topliss-reactive ketones (excluding diaryl/α,β-unsaturated/α-hetero) is 1.